The van der Waals surface area contributed by atoms with Gasteiger partial charge in [0.15, 0.2) is 10.8 Å². The minimum atomic E-state index is -1.41. The van der Waals surface area contributed by atoms with E-state index in [0.717, 1.165) is 26.9 Å². The molecule has 1 saturated heterocycles. The molecule has 42 heavy (non-hydrogen) atoms. The predicted molar refractivity (Wildman–Crippen MR) is 154 cm³/mol. The molecular weight excluding hydrogens is 632 g/mol. The Kier molecular flexibility index (Phi) is 8.17. The number of aliphatic carboxylic acids is 2. The number of carboxylic acid groups (broad SMARTS) is 2. The average Bonchev–Trinajstić information content (AvgIpc) is 3.60. The first-order valence-corrected chi connectivity index (χ1v) is 15.3. The van der Waals surface area contributed by atoms with Crippen LogP contribution in [-0.4, -0.2) is 77.2 Å². The van der Waals surface area contributed by atoms with E-state index in [4.69, 9.17) is 33.0 Å². The standard InChI is InChI=1S/C23H23ClN8O7S3/c1-8(25)18-30(6-11-31(18)3-4-40-11)5-10-7-41-20-14(19(34)32(20)15(10)22(37)38)27-17(33)13(29-39-9(2)21(35)36)12-16(24)42-23(26)28-12/h3-4,6,8-9,14,20H,5,7,25H2,1-2H3,(H4-,26,27,28,33,35,36,37,38)/p+1/t8-,9+,14-,20-/m1/s1. The number of amides is 2. The van der Waals surface area contributed by atoms with Gasteiger partial charge in [-0.1, -0.05) is 39.4 Å². The number of imidazole rings is 1. The van der Waals surface area contributed by atoms with Gasteiger partial charge in [0, 0.05) is 16.7 Å². The van der Waals surface area contributed by atoms with Gasteiger partial charge in [0.05, 0.1) is 0 Å². The third-order valence-electron chi connectivity index (χ3n) is 6.44. The minimum Gasteiger partial charge on any atom is -0.478 e. The summed E-state index contributed by atoms with van der Waals surface area (Å²) in [5.41, 5.74) is 11.6. The van der Waals surface area contributed by atoms with Crippen molar-refractivity contribution in [2.75, 3.05) is 11.5 Å². The zero-order valence-corrected chi connectivity index (χ0v) is 25.1. The molecule has 7 N–H and O–H groups in total. The van der Waals surface area contributed by atoms with E-state index in [2.05, 4.69) is 15.5 Å². The Hall–Kier alpha value is -3.71. The highest BCUT2D eigenvalue weighted by molar-refractivity contribution is 8.00. The van der Waals surface area contributed by atoms with E-state index >= 15 is 0 Å². The van der Waals surface area contributed by atoms with E-state index in [1.54, 1.807) is 0 Å². The van der Waals surface area contributed by atoms with Crippen molar-refractivity contribution in [3.05, 3.63) is 44.9 Å². The van der Waals surface area contributed by atoms with E-state index in [0.29, 0.717) is 5.57 Å². The summed E-state index contributed by atoms with van der Waals surface area (Å²) in [6, 6.07) is -1.45. The second kappa shape index (κ2) is 11.5. The molecule has 0 radical (unpaired) electrons. The Morgan fingerprint density at radius 1 is 1.36 bits per heavy atom. The van der Waals surface area contributed by atoms with Gasteiger partial charge in [0.1, 0.15) is 52.1 Å². The average molecular weight is 656 g/mol. The van der Waals surface area contributed by atoms with Gasteiger partial charge in [-0.3, -0.25) is 14.5 Å². The maximum absolute atomic E-state index is 13.3. The zero-order valence-electron chi connectivity index (χ0n) is 21.9. The van der Waals surface area contributed by atoms with Crippen LogP contribution in [0.25, 0.3) is 4.83 Å². The summed E-state index contributed by atoms with van der Waals surface area (Å²) >= 11 is 9.81. The number of nitrogens with two attached hydrogens (primary N) is 2. The Balaban J connectivity index is 1.39. The number of carbonyl (C=O) groups is 4. The number of hydrogen-bond acceptors (Lipinski definition) is 12. The van der Waals surface area contributed by atoms with Crippen LogP contribution in [0.15, 0.2) is 34.2 Å². The maximum Gasteiger partial charge on any atom is 0.352 e. The molecule has 1 fully saturated rings. The minimum absolute atomic E-state index is 0.00321. The second-order valence-corrected chi connectivity index (χ2v) is 13.0. The van der Waals surface area contributed by atoms with E-state index in [1.807, 2.05) is 33.7 Å². The van der Waals surface area contributed by atoms with Crippen molar-refractivity contribution in [2.45, 2.75) is 44.0 Å². The highest BCUT2D eigenvalue weighted by Crippen LogP contribution is 2.40. The SMILES string of the molecule is C[C@H](ON=C(C(=O)N[C@@H]1C(=O)N2C(C(=O)O)=C(C[n+]3cc4sccn4c3[C@@H](C)N)CS[C@H]12)c1nc(N)sc1Cl)C(=O)O. The van der Waals surface area contributed by atoms with Crippen LogP contribution in [0.2, 0.25) is 4.34 Å². The number of nitrogen functional groups attached to an aromatic ring is 1. The lowest BCUT2D eigenvalue weighted by Crippen LogP contribution is -2.71. The molecule has 0 bridgehead atoms. The molecule has 3 aromatic heterocycles. The van der Waals surface area contributed by atoms with Crippen LogP contribution >= 0.6 is 46.0 Å². The predicted octanol–water partition coefficient (Wildman–Crippen LogP) is 0.633. The van der Waals surface area contributed by atoms with Crippen LogP contribution in [0.1, 0.15) is 31.4 Å². The Labute approximate surface area is 254 Å². The first-order valence-electron chi connectivity index (χ1n) is 12.2. The number of β-lactam (4-membered cyclic amide) rings is 1. The highest BCUT2D eigenvalue weighted by atomic mass is 35.5. The number of aromatic nitrogens is 3. The molecule has 0 aliphatic carbocycles. The fraction of sp³-hybridized carbons (Fsp3) is 0.348. The molecule has 5 heterocycles. The second-order valence-electron chi connectivity index (χ2n) is 9.33. The fourth-order valence-electron chi connectivity index (χ4n) is 4.57. The lowest BCUT2D eigenvalue weighted by molar-refractivity contribution is -0.696. The highest BCUT2D eigenvalue weighted by Gasteiger charge is 2.54. The summed E-state index contributed by atoms with van der Waals surface area (Å²) < 4.78 is 3.82. The zero-order chi connectivity index (χ0) is 30.5. The van der Waals surface area contributed by atoms with Crippen LogP contribution < -0.4 is 21.4 Å². The molecule has 3 aromatic rings. The van der Waals surface area contributed by atoms with Crippen molar-refractivity contribution < 1.29 is 38.8 Å². The number of carbonyl (C=O) groups excluding carboxylic acids is 2. The molecule has 15 nitrogen and oxygen atoms in total. The number of anilines is 1. The number of oxime groups is 1. The van der Waals surface area contributed by atoms with Gasteiger partial charge in [-0.15, -0.1) is 11.8 Å². The Morgan fingerprint density at radius 3 is 2.71 bits per heavy atom. The number of thiazole rings is 2. The van der Waals surface area contributed by atoms with Gasteiger partial charge in [-0.25, -0.2) is 19.1 Å². The van der Waals surface area contributed by atoms with Crippen LogP contribution in [-0.2, 0) is 30.6 Å². The van der Waals surface area contributed by atoms with Crippen LogP contribution in [0.4, 0.5) is 5.13 Å². The van der Waals surface area contributed by atoms with Gasteiger partial charge in [-0.2, -0.15) is 4.40 Å². The molecule has 2 amide bonds. The summed E-state index contributed by atoms with van der Waals surface area (Å²) in [6.45, 7) is 3.24. The number of fused-ring (bicyclic) bond motifs is 2. The molecular formula is C23H24ClN8O7S3+. The number of hydrogen-bond donors (Lipinski definition) is 5. The van der Waals surface area contributed by atoms with Gasteiger partial charge < -0.3 is 31.8 Å². The summed E-state index contributed by atoms with van der Waals surface area (Å²) in [7, 11) is 0. The van der Waals surface area contributed by atoms with E-state index < -0.39 is 47.0 Å². The third-order valence-corrected chi connectivity index (χ3v) is 9.66. The molecule has 222 valence electrons. The summed E-state index contributed by atoms with van der Waals surface area (Å²) in [4.78, 5) is 61.1. The lowest BCUT2D eigenvalue weighted by atomic mass is 10.0. The molecule has 5 rings (SSSR count). The van der Waals surface area contributed by atoms with E-state index in [1.165, 1.54) is 30.0 Å². The number of nitrogens with one attached hydrogen (secondary N) is 1. The summed E-state index contributed by atoms with van der Waals surface area (Å²) in [5.74, 6) is -3.14. The van der Waals surface area contributed by atoms with Crippen LogP contribution in [0.5, 0.6) is 0 Å². The third kappa shape index (κ3) is 5.31. The molecule has 0 aromatic carbocycles. The Morgan fingerprint density at radius 2 is 2.10 bits per heavy atom. The molecule has 0 unspecified atom stereocenters. The van der Waals surface area contributed by atoms with Crippen molar-refractivity contribution in [3.8, 4) is 0 Å². The van der Waals surface area contributed by atoms with Crippen molar-refractivity contribution in [1.29, 1.82) is 0 Å². The normalized spacial score (nSPS) is 20.2. The van der Waals surface area contributed by atoms with Gasteiger partial charge in [0.25, 0.3) is 17.6 Å². The number of halogens is 1. The van der Waals surface area contributed by atoms with Crippen molar-refractivity contribution in [2.24, 2.45) is 10.9 Å². The van der Waals surface area contributed by atoms with Gasteiger partial charge in [-0.05, 0) is 13.8 Å². The van der Waals surface area contributed by atoms with Gasteiger partial charge in [0.2, 0.25) is 10.9 Å². The van der Waals surface area contributed by atoms with Gasteiger partial charge >= 0.3 is 11.9 Å². The Bertz CT molecular complexity index is 1680. The topological polar surface area (TPSA) is 219 Å². The van der Waals surface area contributed by atoms with E-state index in [-0.39, 0.29) is 39.2 Å². The molecule has 19 heteroatoms. The summed E-state index contributed by atoms with van der Waals surface area (Å²) in [5, 5.41) is 26.6. The van der Waals surface area contributed by atoms with Crippen molar-refractivity contribution in [3.63, 3.8) is 0 Å². The molecule has 0 spiro atoms. The molecule has 2 aliphatic rings. The van der Waals surface area contributed by atoms with Crippen LogP contribution in [0.3, 0.4) is 0 Å². The van der Waals surface area contributed by atoms with Crippen molar-refractivity contribution in [1.82, 2.24) is 19.6 Å². The smallest absolute Gasteiger partial charge is 0.352 e. The monoisotopic (exact) mass is 655 g/mol. The largest absolute Gasteiger partial charge is 0.478 e. The lowest BCUT2D eigenvalue weighted by Gasteiger charge is -2.49. The molecule has 0 saturated carbocycles. The number of rotatable bonds is 10. The number of carboxylic acids is 2. The summed E-state index contributed by atoms with van der Waals surface area (Å²) in [6.07, 6.45) is 2.37. The maximum atomic E-state index is 13.3. The number of thioether (sulfide) groups is 1. The van der Waals surface area contributed by atoms with Crippen LogP contribution in [0, 0.1) is 0 Å². The molecule has 4 atom stereocenters. The quantitative estimate of drug-likeness (QED) is 0.0882. The van der Waals surface area contributed by atoms with Crippen molar-refractivity contribution >= 4 is 85.5 Å². The first kappa shape index (κ1) is 29.8. The van der Waals surface area contributed by atoms with E-state index in [9.17, 15) is 24.3 Å². The first-order chi connectivity index (χ1) is 19.9. The molecule has 2 aliphatic heterocycles. The fourth-order valence-corrected chi connectivity index (χ4v) is 7.61. The number of nitrogens with zero attached hydrogens (tertiary/aromatic N) is 5.